The number of nitrogens with one attached hydrogen (secondary N) is 1. The predicted octanol–water partition coefficient (Wildman–Crippen LogP) is 4.22. The first-order valence-corrected chi connectivity index (χ1v) is 10.3. The minimum Gasteiger partial charge on any atom is -0.462 e. The molecule has 0 saturated heterocycles. The normalized spacial score (nSPS) is 15.1. The Balaban J connectivity index is 3.05. The van der Waals surface area contributed by atoms with Gasteiger partial charge < -0.3 is 14.0 Å². The Morgan fingerprint density at radius 2 is 1.84 bits per heavy atom. The van der Waals surface area contributed by atoms with Gasteiger partial charge in [-0.05, 0) is 50.8 Å². The summed E-state index contributed by atoms with van der Waals surface area (Å²) in [5.74, 6) is 0.255. The molecule has 0 fully saturated rings. The Bertz CT molecular complexity index is 630. The van der Waals surface area contributed by atoms with Crippen molar-refractivity contribution in [2.45, 2.75) is 59.6 Å². The molecule has 2 atom stereocenters. The average molecular weight is 371 g/mol. The van der Waals surface area contributed by atoms with Crippen molar-refractivity contribution in [3.63, 3.8) is 0 Å². The van der Waals surface area contributed by atoms with E-state index in [1.165, 1.54) is 7.11 Å². The molecule has 0 aliphatic carbocycles. The zero-order chi connectivity index (χ0) is 19.2. The van der Waals surface area contributed by atoms with Gasteiger partial charge in [0, 0.05) is 7.11 Å². The zero-order valence-electron chi connectivity index (χ0n) is 16.2. The molecule has 0 radical (unpaired) electrons. The van der Waals surface area contributed by atoms with Crippen LogP contribution in [0.15, 0.2) is 18.2 Å². The van der Waals surface area contributed by atoms with E-state index >= 15 is 0 Å². The van der Waals surface area contributed by atoms with Crippen LogP contribution in [-0.2, 0) is 18.8 Å². The summed E-state index contributed by atoms with van der Waals surface area (Å²) in [6, 6.07) is 5.01. The van der Waals surface area contributed by atoms with E-state index in [2.05, 4.69) is 5.09 Å². The van der Waals surface area contributed by atoms with Gasteiger partial charge in [0.2, 0.25) is 0 Å². The maximum Gasteiger partial charge on any atom is 0.342 e. The highest BCUT2D eigenvalue weighted by atomic mass is 31.2. The van der Waals surface area contributed by atoms with Gasteiger partial charge in [-0.15, -0.1) is 0 Å². The van der Waals surface area contributed by atoms with Crippen molar-refractivity contribution in [2.24, 2.45) is 0 Å². The minimum absolute atomic E-state index is 0.155. The molecule has 0 amide bonds. The van der Waals surface area contributed by atoms with E-state index in [9.17, 15) is 9.36 Å². The SMILES string of the molecule is COCP(=O)(N[C@@H](C)C(=O)OC(C)C)Oc1cc(C)ccc1C(C)C. The molecule has 142 valence electrons. The molecule has 0 aliphatic rings. The largest absolute Gasteiger partial charge is 0.462 e. The minimum atomic E-state index is -3.45. The van der Waals surface area contributed by atoms with Gasteiger partial charge >= 0.3 is 13.5 Å². The molecular formula is C18H30NO5P. The number of methoxy groups -OCH3 is 1. The third-order valence-corrected chi connectivity index (χ3v) is 5.30. The van der Waals surface area contributed by atoms with Crippen LogP contribution in [0.25, 0.3) is 0 Å². The fourth-order valence-corrected chi connectivity index (χ4v) is 3.99. The molecular weight excluding hydrogens is 341 g/mol. The first-order chi connectivity index (χ1) is 11.6. The van der Waals surface area contributed by atoms with Crippen molar-refractivity contribution in [3.8, 4) is 5.75 Å². The number of hydrogen-bond donors (Lipinski definition) is 1. The second kappa shape index (κ2) is 9.37. The quantitative estimate of drug-likeness (QED) is 0.517. The number of esters is 1. The van der Waals surface area contributed by atoms with Crippen LogP contribution < -0.4 is 9.61 Å². The molecule has 1 unspecified atom stereocenters. The van der Waals surface area contributed by atoms with Gasteiger partial charge in [0.1, 0.15) is 18.1 Å². The molecule has 0 heterocycles. The second-order valence-corrected chi connectivity index (χ2v) is 8.76. The van der Waals surface area contributed by atoms with Crippen molar-refractivity contribution < 1.29 is 23.4 Å². The van der Waals surface area contributed by atoms with E-state index in [1.54, 1.807) is 20.8 Å². The summed E-state index contributed by atoms with van der Waals surface area (Å²) in [7, 11) is -2.02. The maximum atomic E-state index is 13.2. The van der Waals surface area contributed by atoms with Crippen molar-refractivity contribution >= 4 is 13.5 Å². The van der Waals surface area contributed by atoms with Gasteiger partial charge in [0.05, 0.1) is 6.10 Å². The van der Waals surface area contributed by atoms with Crippen LogP contribution in [0.2, 0.25) is 0 Å². The average Bonchev–Trinajstić information content (AvgIpc) is 2.45. The summed E-state index contributed by atoms with van der Waals surface area (Å²) in [4.78, 5) is 12.0. The molecule has 0 saturated carbocycles. The van der Waals surface area contributed by atoms with Crippen LogP contribution in [0.5, 0.6) is 5.75 Å². The molecule has 0 aliphatic heterocycles. The monoisotopic (exact) mass is 371 g/mol. The summed E-state index contributed by atoms with van der Waals surface area (Å²) in [5, 5.41) is 2.77. The van der Waals surface area contributed by atoms with E-state index in [4.69, 9.17) is 14.0 Å². The van der Waals surface area contributed by atoms with E-state index in [1.807, 2.05) is 39.0 Å². The Hall–Kier alpha value is -1.36. The smallest absolute Gasteiger partial charge is 0.342 e. The van der Waals surface area contributed by atoms with Gasteiger partial charge in [-0.2, -0.15) is 0 Å². The van der Waals surface area contributed by atoms with Crippen LogP contribution in [0.1, 0.15) is 51.7 Å². The highest BCUT2D eigenvalue weighted by Gasteiger charge is 2.31. The van der Waals surface area contributed by atoms with Crippen molar-refractivity contribution in [3.05, 3.63) is 29.3 Å². The van der Waals surface area contributed by atoms with Crippen molar-refractivity contribution in [2.75, 3.05) is 13.5 Å². The number of benzene rings is 1. The molecule has 25 heavy (non-hydrogen) atoms. The van der Waals surface area contributed by atoms with Crippen LogP contribution in [-0.4, -0.2) is 31.6 Å². The summed E-state index contributed by atoms with van der Waals surface area (Å²) in [5.41, 5.74) is 1.94. The second-order valence-electron chi connectivity index (χ2n) is 6.71. The van der Waals surface area contributed by atoms with E-state index in [-0.39, 0.29) is 18.4 Å². The van der Waals surface area contributed by atoms with Gasteiger partial charge in [-0.1, -0.05) is 26.0 Å². The number of rotatable bonds is 9. The molecule has 1 rings (SSSR count). The van der Waals surface area contributed by atoms with Crippen LogP contribution >= 0.6 is 7.52 Å². The number of aryl methyl sites for hydroxylation is 1. The molecule has 7 heteroatoms. The number of carbonyl (C=O) groups is 1. The number of ether oxygens (including phenoxy) is 2. The first-order valence-electron chi connectivity index (χ1n) is 8.44. The predicted molar refractivity (Wildman–Crippen MR) is 99.2 cm³/mol. The lowest BCUT2D eigenvalue weighted by Gasteiger charge is -2.25. The summed E-state index contributed by atoms with van der Waals surface area (Å²) >= 11 is 0. The van der Waals surface area contributed by atoms with Crippen molar-refractivity contribution in [1.82, 2.24) is 5.09 Å². The Morgan fingerprint density at radius 3 is 2.36 bits per heavy atom. The Labute approximate surface area is 150 Å². The zero-order valence-corrected chi connectivity index (χ0v) is 17.1. The summed E-state index contributed by atoms with van der Waals surface area (Å²) < 4.78 is 29.3. The fraction of sp³-hybridized carbons (Fsp3) is 0.611. The van der Waals surface area contributed by atoms with Crippen LogP contribution in [0.4, 0.5) is 0 Å². The van der Waals surface area contributed by atoms with Crippen LogP contribution in [0.3, 0.4) is 0 Å². The maximum absolute atomic E-state index is 13.2. The van der Waals surface area contributed by atoms with E-state index in [0.29, 0.717) is 5.75 Å². The molecule has 1 aromatic carbocycles. The first kappa shape index (κ1) is 21.7. The van der Waals surface area contributed by atoms with Gasteiger partial charge in [-0.25, -0.2) is 5.09 Å². The topological polar surface area (TPSA) is 73.9 Å². The summed E-state index contributed by atoms with van der Waals surface area (Å²) in [6.07, 6.45) is -0.401. The van der Waals surface area contributed by atoms with Gasteiger partial charge in [-0.3, -0.25) is 9.36 Å². The number of hydrogen-bond acceptors (Lipinski definition) is 5. The Kier molecular flexibility index (Phi) is 8.13. The van der Waals surface area contributed by atoms with E-state index < -0.39 is 19.5 Å². The molecule has 1 N–H and O–H groups in total. The third kappa shape index (κ3) is 6.81. The molecule has 0 aromatic heterocycles. The lowest BCUT2D eigenvalue weighted by atomic mass is 10.0. The highest BCUT2D eigenvalue weighted by Crippen LogP contribution is 2.45. The third-order valence-electron chi connectivity index (χ3n) is 3.43. The molecule has 1 aromatic rings. The number of carbonyl (C=O) groups excluding carboxylic acids is 1. The lowest BCUT2D eigenvalue weighted by Crippen LogP contribution is -2.36. The Morgan fingerprint density at radius 1 is 1.20 bits per heavy atom. The highest BCUT2D eigenvalue weighted by molar-refractivity contribution is 7.57. The lowest BCUT2D eigenvalue weighted by molar-refractivity contribution is -0.149. The van der Waals surface area contributed by atoms with Crippen LogP contribution in [0, 0.1) is 6.92 Å². The van der Waals surface area contributed by atoms with Gasteiger partial charge in [0.15, 0.2) is 0 Å². The standard InChI is InChI=1S/C18H30NO5P/c1-12(2)16-9-8-14(5)10-17(16)24-25(21,11-22-7)19-15(6)18(20)23-13(3)4/h8-10,12-13,15H,11H2,1-7H3,(H,19,21)/t15-,25?/m0/s1. The molecule has 0 bridgehead atoms. The molecule has 0 spiro atoms. The van der Waals surface area contributed by atoms with E-state index in [0.717, 1.165) is 11.1 Å². The van der Waals surface area contributed by atoms with Gasteiger partial charge in [0.25, 0.3) is 0 Å². The fourth-order valence-electron chi connectivity index (χ4n) is 2.30. The summed E-state index contributed by atoms with van der Waals surface area (Å²) in [6.45, 7) is 11.1. The molecule has 6 nitrogen and oxygen atoms in total. The van der Waals surface area contributed by atoms with Crippen molar-refractivity contribution in [1.29, 1.82) is 0 Å².